The first-order valence-corrected chi connectivity index (χ1v) is 25.1. The van der Waals surface area contributed by atoms with Gasteiger partial charge < -0.3 is 55.3 Å². The van der Waals surface area contributed by atoms with Crippen LogP contribution in [0.2, 0.25) is 0 Å². The largest absolute Gasteiger partial charge is 0.508 e. The number of hydrogen-bond donors (Lipinski definition) is 10. The number of aromatic hydroxyl groups is 6. The lowest BCUT2D eigenvalue weighted by Gasteiger charge is -2.55. The fraction of sp³-hybridized carbons (Fsp3) is 0.397. The molecule has 0 unspecified atom stereocenters. The zero-order valence-electron chi connectivity index (χ0n) is 39.5. The van der Waals surface area contributed by atoms with Gasteiger partial charge in [-0.2, -0.15) is 0 Å². The SMILES string of the molecule is NCOc1cc(CCC(=O)[C@H]2C[C@@H](Cc3ccc(O)cc3O)[C@H]3C[C@H]4C[C@H]([C@@]56C[C@H](CCO)C[C@@H]5c5cc[nH]c5-c5ccccc56)[C@H](c5cc(O)c(O)c(OCc6cccc(O)c6)c54)[C@@H]3[C@H]2O)ccc1O. The van der Waals surface area contributed by atoms with Crippen molar-refractivity contribution in [3.8, 4) is 57.3 Å². The van der Waals surface area contributed by atoms with Crippen LogP contribution in [0.4, 0.5) is 0 Å². The number of carbonyl (C=O) groups excluding carboxylic acids is 1. The fourth-order valence-corrected chi connectivity index (χ4v) is 14.9. The molecule has 6 aliphatic carbocycles. The van der Waals surface area contributed by atoms with Crippen LogP contribution in [0.5, 0.6) is 46.0 Å². The van der Waals surface area contributed by atoms with E-state index in [0.29, 0.717) is 49.7 Å². The summed E-state index contributed by atoms with van der Waals surface area (Å²) in [5, 5.41) is 90.2. The number of benzene rings is 5. The van der Waals surface area contributed by atoms with Crippen molar-refractivity contribution >= 4 is 5.78 Å². The van der Waals surface area contributed by atoms with Gasteiger partial charge in [-0.25, -0.2) is 0 Å². The van der Waals surface area contributed by atoms with Crippen LogP contribution >= 0.6 is 0 Å². The first kappa shape index (κ1) is 46.7. The van der Waals surface area contributed by atoms with Crippen molar-refractivity contribution in [1.29, 1.82) is 0 Å². The number of phenolic OH excluding ortho intramolecular Hbond substituents is 6. The molecule has 13 heteroatoms. The Morgan fingerprint density at radius 1 is 0.789 bits per heavy atom. The van der Waals surface area contributed by atoms with Gasteiger partial charge in [0.2, 0.25) is 5.75 Å². The van der Waals surface area contributed by atoms with Crippen molar-refractivity contribution in [1.82, 2.24) is 4.98 Å². The topological polar surface area (TPSA) is 239 Å². The summed E-state index contributed by atoms with van der Waals surface area (Å²) in [5.74, 6) is -3.14. The van der Waals surface area contributed by atoms with Crippen molar-refractivity contribution in [2.24, 2.45) is 41.2 Å². The molecule has 5 aromatic carbocycles. The van der Waals surface area contributed by atoms with Gasteiger partial charge in [-0.3, -0.25) is 10.5 Å². The number of aliphatic hydroxyl groups is 2. The number of aliphatic hydroxyl groups excluding tert-OH is 2. The molecule has 6 aliphatic rings. The average Bonchev–Trinajstić information content (AvgIpc) is 3.93. The number of carbonyl (C=O) groups is 1. The number of nitrogens with one attached hydrogen (secondary N) is 1. The number of ketones is 1. The minimum atomic E-state index is -1.14. The lowest BCUT2D eigenvalue weighted by Crippen LogP contribution is -2.52. The molecule has 0 saturated heterocycles. The number of aryl methyl sites for hydroxylation is 1. The quantitative estimate of drug-likeness (QED) is 0.0364. The van der Waals surface area contributed by atoms with Crippen LogP contribution in [0.1, 0.15) is 102 Å². The Balaban J connectivity index is 1.09. The number of aromatic amines is 1. The molecule has 3 fully saturated rings. The Bertz CT molecular complexity index is 2990. The number of fused-ring (bicyclic) bond motifs is 8. The highest BCUT2D eigenvalue weighted by atomic mass is 16.5. The van der Waals surface area contributed by atoms with Crippen LogP contribution < -0.4 is 15.2 Å². The number of nitrogens with two attached hydrogens (primary N) is 1. The van der Waals surface area contributed by atoms with Gasteiger partial charge >= 0.3 is 0 Å². The van der Waals surface area contributed by atoms with E-state index in [-0.39, 0.29) is 114 Å². The van der Waals surface area contributed by atoms with E-state index in [4.69, 9.17) is 15.2 Å². The lowest BCUT2D eigenvalue weighted by molar-refractivity contribution is -0.136. The van der Waals surface area contributed by atoms with E-state index in [1.54, 1.807) is 48.5 Å². The van der Waals surface area contributed by atoms with Gasteiger partial charge in [0.1, 0.15) is 36.4 Å². The number of rotatable bonds is 14. The second-order valence-electron chi connectivity index (χ2n) is 21.0. The fourth-order valence-electron chi connectivity index (χ4n) is 14.9. The minimum absolute atomic E-state index is 0.00710. The van der Waals surface area contributed by atoms with Crippen molar-refractivity contribution in [2.75, 3.05) is 13.3 Å². The third kappa shape index (κ3) is 7.93. The van der Waals surface area contributed by atoms with Crippen molar-refractivity contribution in [2.45, 2.75) is 93.7 Å². The first-order chi connectivity index (χ1) is 34.4. The zero-order chi connectivity index (χ0) is 49.3. The van der Waals surface area contributed by atoms with E-state index >= 15 is 4.79 Å². The molecule has 0 aliphatic heterocycles. The van der Waals surface area contributed by atoms with E-state index in [2.05, 4.69) is 35.3 Å². The second-order valence-corrected chi connectivity index (χ2v) is 21.0. The predicted molar refractivity (Wildman–Crippen MR) is 265 cm³/mol. The number of H-pyrrole nitrogens is 1. The smallest absolute Gasteiger partial charge is 0.200 e. The van der Waals surface area contributed by atoms with Gasteiger partial charge in [0.05, 0.1) is 6.10 Å². The Morgan fingerprint density at radius 2 is 1.62 bits per heavy atom. The summed E-state index contributed by atoms with van der Waals surface area (Å²) in [5.41, 5.74) is 13.3. The molecule has 370 valence electrons. The first-order valence-electron chi connectivity index (χ1n) is 25.1. The van der Waals surface area contributed by atoms with Gasteiger partial charge in [-0.15, -0.1) is 0 Å². The van der Waals surface area contributed by atoms with Crippen LogP contribution in [-0.2, 0) is 29.7 Å². The summed E-state index contributed by atoms with van der Waals surface area (Å²) in [6.45, 7) is -0.0967. The van der Waals surface area contributed by atoms with Crippen LogP contribution in [0.3, 0.4) is 0 Å². The van der Waals surface area contributed by atoms with E-state index < -0.39 is 29.3 Å². The maximum absolute atomic E-state index is 15.0. The van der Waals surface area contributed by atoms with Gasteiger partial charge in [0.15, 0.2) is 23.0 Å². The van der Waals surface area contributed by atoms with Gasteiger partial charge in [-0.1, -0.05) is 48.5 Å². The molecule has 12 rings (SSSR count). The molecular formula is C58H62N2O11. The monoisotopic (exact) mass is 962 g/mol. The molecule has 13 nitrogen and oxygen atoms in total. The number of Topliss-reactive ketones (excluding diaryl/α,β-unsaturated/α-hetero) is 1. The molecule has 1 aromatic heterocycles. The normalized spacial score (nSPS) is 27.9. The van der Waals surface area contributed by atoms with Crippen LogP contribution in [0, 0.1) is 35.5 Å². The Labute approximate surface area is 412 Å². The maximum Gasteiger partial charge on any atom is 0.200 e. The number of ether oxygens (including phenoxy) is 2. The Hall–Kier alpha value is -6.67. The summed E-state index contributed by atoms with van der Waals surface area (Å²) < 4.78 is 12.1. The Kier molecular flexibility index (Phi) is 12.2. The van der Waals surface area contributed by atoms with E-state index in [1.165, 1.54) is 23.3 Å². The van der Waals surface area contributed by atoms with E-state index in [1.807, 2.05) is 12.3 Å². The highest BCUT2D eigenvalue weighted by Crippen LogP contribution is 2.73. The molecule has 71 heavy (non-hydrogen) atoms. The molecule has 0 radical (unpaired) electrons. The lowest BCUT2D eigenvalue weighted by atomic mass is 9.49. The molecule has 6 aromatic rings. The van der Waals surface area contributed by atoms with E-state index in [9.17, 15) is 40.9 Å². The third-order valence-electron chi connectivity index (χ3n) is 17.5. The van der Waals surface area contributed by atoms with Gasteiger partial charge in [0, 0.05) is 53.4 Å². The van der Waals surface area contributed by atoms with Gasteiger partial charge in [-0.05, 0) is 175 Å². The summed E-state index contributed by atoms with van der Waals surface area (Å²) in [6, 6.07) is 28.7. The molecule has 0 amide bonds. The molecule has 11 atom stereocenters. The van der Waals surface area contributed by atoms with Crippen LogP contribution in [0.25, 0.3) is 11.3 Å². The molecule has 2 bridgehead atoms. The number of aromatic nitrogens is 1. The molecular weight excluding hydrogens is 901 g/mol. The summed E-state index contributed by atoms with van der Waals surface area (Å²) in [7, 11) is 0. The maximum atomic E-state index is 15.0. The summed E-state index contributed by atoms with van der Waals surface area (Å²) >= 11 is 0. The highest BCUT2D eigenvalue weighted by molar-refractivity contribution is 5.82. The summed E-state index contributed by atoms with van der Waals surface area (Å²) in [6.07, 6.45) is 5.42. The predicted octanol–water partition coefficient (Wildman–Crippen LogP) is 8.88. The zero-order valence-corrected chi connectivity index (χ0v) is 39.5. The average molecular weight is 963 g/mol. The van der Waals surface area contributed by atoms with Crippen molar-refractivity contribution < 1.29 is 55.1 Å². The molecule has 1 heterocycles. The number of phenols is 6. The van der Waals surface area contributed by atoms with Crippen LogP contribution in [-0.4, -0.2) is 71.1 Å². The van der Waals surface area contributed by atoms with Crippen LogP contribution in [0.15, 0.2) is 103 Å². The minimum Gasteiger partial charge on any atom is -0.508 e. The highest BCUT2D eigenvalue weighted by Gasteiger charge is 2.65. The van der Waals surface area contributed by atoms with Gasteiger partial charge in [0.25, 0.3) is 0 Å². The third-order valence-corrected chi connectivity index (χ3v) is 17.5. The van der Waals surface area contributed by atoms with Crippen molar-refractivity contribution in [3.05, 3.63) is 142 Å². The second kappa shape index (κ2) is 18.5. The standard InChI is InChI=1S/C58H62N2O11/c59-29-71-50-20-30(9-13-47(50)65)8-12-46(64)41-22-34(21-33-10-11-37(63)25-48(33)66)40-23-35-24-45(58-27-31(15-17-61)19-44(58)39-14-16-60-54(39)38-6-1-2-7-43(38)58)52(53(40)55(41)68)42-26-49(67)56(69)57(51(35)42)70-28-32-4-3-5-36(62)18-32/h1-7,9-11,13-14,16,18,20,25-26,31,34-35,40-41,44-45,52-53,55,60-63,65-69H,8,12,15,17,19,21-24,27-29,59H2/t31-,34-,35+,40-,41-,44-,45+,52+,53-,55+,58-/m1/s1. The summed E-state index contributed by atoms with van der Waals surface area (Å²) in [4.78, 5) is 18.6. The molecule has 3 saturated carbocycles. The molecule has 0 spiro atoms. The number of hydrogen-bond acceptors (Lipinski definition) is 12. The Morgan fingerprint density at radius 3 is 2.42 bits per heavy atom. The van der Waals surface area contributed by atoms with Crippen molar-refractivity contribution in [3.63, 3.8) is 0 Å². The molecule has 11 N–H and O–H groups in total. The van der Waals surface area contributed by atoms with E-state index in [0.717, 1.165) is 40.8 Å².